The van der Waals surface area contributed by atoms with Crippen LogP contribution in [0.5, 0.6) is 5.75 Å². The second-order valence-electron chi connectivity index (χ2n) is 4.05. The number of halogens is 3. The number of rotatable bonds is 3. The Bertz CT molecular complexity index is 560. The lowest BCUT2D eigenvalue weighted by molar-refractivity contribution is -0.274. The average molecular weight is 305 g/mol. The Hall–Kier alpha value is -2.29. The van der Waals surface area contributed by atoms with Gasteiger partial charge in [0, 0.05) is 18.7 Å². The lowest BCUT2D eigenvalue weighted by Crippen LogP contribution is -2.31. The Morgan fingerprint density at radius 1 is 1.43 bits per heavy atom. The van der Waals surface area contributed by atoms with Crippen LogP contribution in [0.4, 0.5) is 18.9 Å². The molecule has 1 aromatic rings. The van der Waals surface area contributed by atoms with Crippen molar-refractivity contribution < 1.29 is 37.0 Å². The molecule has 1 unspecified atom stereocenters. The van der Waals surface area contributed by atoms with E-state index in [-0.39, 0.29) is 12.4 Å². The van der Waals surface area contributed by atoms with E-state index >= 15 is 0 Å². The first kappa shape index (κ1) is 15.1. The van der Waals surface area contributed by atoms with Gasteiger partial charge >= 0.3 is 12.3 Å². The molecule has 2 rings (SSSR count). The van der Waals surface area contributed by atoms with E-state index in [1.165, 1.54) is 12.1 Å². The summed E-state index contributed by atoms with van der Waals surface area (Å²) in [7, 11) is 0. The van der Waals surface area contributed by atoms with Crippen molar-refractivity contribution in [2.75, 3.05) is 11.6 Å². The summed E-state index contributed by atoms with van der Waals surface area (Å²) in [6.45, 7) is 0.864. The summed E-state index contributed by atoms with van der Waals surface area (Å²) in [4.78, 5) is 23.7. The summed E-state index contributed by atoms with van der Waals surface area (Å²) in [5.74, 6) is -1.86. The number of nitrogens with zero attached hydrogens (tertiary/aromatic N) is 1. The molecule has 0 saturated carbocycles. The Balaban J connectivity index is 2.14. The van der Waals surface area contributed by atoms with Gasteiger partial charge in [0.2, 0.25) is 0 Å². The van der Waals surface area contributed by atoms with Gasteiger partial charge in [0.25, 0.3) is 12.2 Å². The van der Waals surface area contributed by atoms with Gasteiger partial charge in [0.1, 0.15) is 12.5 Å². The normalized spacial score (nSPS) is 18.8. The van der Waals surface area contributed by atoms with Gasteiger partial charge in [-0.15, -0.1) is 13.2 Å². The summed E-state index contributed by atoms with van der Waals surface area (Å²) in [6, 6.07) is 4.83. The summed E-state index contributed by atoms with van der Waals surface area (Å²) in [5.41, 5.74) is 0.136. The first-order valence-electron chi connectivity index (χ1n) is 5.72. The summed E-state index contributed by atoms with van der Waals surface area (Å²) < 4.78 is 49.8. The molecule has 9 heteroatoms. The van der Waals surface area contributed by atoms with Gasteiger partial charge in [-0.05, 0) is 12.1 Å². The third-order valence-corrected chi connectivity index (χ3v) is 2.46. The van der Waals surface area contributed by atoms with Crippen LogP contribution in [0.1, 0.15) is 6.92 Å². The lowest BCUT2D eigenvalue weighted by atomic mass is 10.3. The molecule has 1 aliphatic heterocycles. The van der Waals surface area contributed by atoms with E-state index in [9.17, 15) is 22.8 Å². The summed E-state index contributed by atoms with van der Waals surface area (Å²) >= 11 is 0. The van der Waals surface area contributed by atoms with Crippen LogP contribution >= 0.6 is 0 Å². The second-order valence-corrected chi connectivity index (χ2v) is 4.05. The predicted octanol–water partition coefficient (Wildman–Crippen LogP) is 1.80. The van der Waals surface area contributed by atoms with Gasteiger partial charge in [-0.25, -0.2) is 0 Å². The van der Waals surface area contributed by atoms with Crippen molar-refractivity contribution in [2.24, 2.45) is 0 Å². The molecular weight excluding hydrogens is 295 g/mol. The zero-order valence-electron chi connectivity index (χ0n) is 10.7. The van der Waals surface area contributed by atoms with Gasteiger partial charge in [-0.3, -0.25) is 14.5 Å². The van der Waals surface area contributed by atoms with Gasteiger partial charge in [0.05, 0.1) is 0 Å². The second kappa shape index (κ2) is 5.60. The maximum Gasteiger partial charge on any atom is 0.573 e. The van der Waals surface area contributed by atoms with E-state index in [1.54, 1.807) is 0 Å². The highest BCUT2D eigenvalue weighted by molar-refractivity contribution is 5.98. The molecule has 1 aromatic carbocycles. The molecular formula is C12H10F3NO5. The maximum atomic E-state index is 12.1. The van der Waals surface area contributed by atoms with Crippen molar-refractivity contribution in [2.45, 2.75) is 19.6 Å². The smallest absolute Gasteiger partial charge is 0.426 e. The number of amides is 1. The topological polar surface area (TPSA) is 65.1 Å². The average Bonchev–Trinajstić information content (AvgIpc) is 2.68. The molecule has 21 heavy (non-hydrogen) atoms. The lowest BCUT2D eigenvalue weighted by Gasteiger charge is -2.16. The first-order chi connectivity index (χ1) is 9.76. The molecule has 1 heterocycles. The number of ether oxygens (including phenoxy) is 3. The van der Waals surface area contributed by atoms with Crippen molar-refractivity contribution in [1.29, 1.82) is 0 Å². The largest absolute Gasteiger partial charge is 0.573 e. The number of carbonyl (C=O) groups excluding carboxylic acids is 2. The van der Waals surface area contributed by atoms with Gasteiger partial charge in [0.15, 0.2) is 0 Å². The Kier molecular flexibility index (Phi) is 4.03. The third-order valence-electron chi connectivity index (χ3n) is 2.46. The number of benzene rings is 1. The third kappa shape index (κ3) is 3.85. The van der Waals surface area contributed by atoms with Gasteiger partial charge in [-0.2, -0.15) is 0 Å². The predicted molar refractivity (Wildman–Crippen MR) is 62.1 cm³/mol. The van der Waals surface area contributed by atoms with Crippen molar-refractivity contribution in [3.8, 4) is 5.75 Å². The number of alkyl halides is 3. The standard InChI is InChI=1S/C12H10F3NO5/c1-7(17)20-11-10(18)16(6-19-11)8-3-2-4-9(5-8)21-12(13,14)15/h2-5,11H,6H2,1H3. The Labute approximate surface area is 117 Å². The molecule has 1 saturated heterocycles. The highest BCUT2D eigenvalue weighted by Crippen LogP contribution is 2.28. The number of hydrogen-bond acceptors (Lipinski definition) is 5. The summed E-state index contributed by atoms with van der Waals surface area (Å²) in [5, 5.41) is 0. The molecule has 1 aliphatic rings. The molecule has 0 bridgehead atoms. The SMILES string of the molecule is CC(=O)OC1OCN(c2cccc(OC(F)(F)F)c2)C1=O. The van der Waals surface area contributed by atoms with Crippen LogP contribution in [0, 0.1) is 0 Å². The van der Waals surface area contributed by atoms with Crippen molar-refractivity contribution >= 4 is 17.6 Å². The van der Waals surface area contributed by atoms with Crippen LogP contribution < -0.4 is 9.64 Å². The molecule has 6 nitrogen and oxygen atoms in total. The molecule has 114 valence electrons. The number of esters is 1. The van der Waals surface area contributed by atoms with E-state index in [4.69, 9.17) is 4.74 Å². The van der Waals surface area contributed by atoms with Gasteiger partial charge in [-0.1, -0.05) is 6.07 Å². The van der Waals surface area contributed by atoms with E-state index < -0.39 is 30.3 Å². The number of anilines is 1. The number of carbonyl (C=O) groups is 2. The van der Waals surface area contributed by atoms with Crippen LogP contribution in [-0.2, 0) is 19.1 Å². The van der Waals surface area contributed by atoms with Crippen LogP contribution in [-0.4, -0.2) is 31.3 Å². The number of hydrogen-bond donors (Lipinski definition) is 0. The minimum Gasteiger partial charge on any atom is -0.426 e. The fourth-order valence-corrected chi connectivity index (χ4v) is 1.69. The highest BCUT2D eigenvalue weighted by Gasteiger charge is 2.37. The minimum atomic E-state index is -4.83. The fourth-order valence-electron chi connectivity index (χ4n) is 1.69. The first-order valence-corrected chi connectivity index (χ1v) is 5.72. The zero-order valence-corrected chi connectivity index (χ0v) is 10.7. The molecule has 1 atom stereocenters. The van der Waals surface area contributed by atoms with Crippen molar-refractivity contribution in [3.05, 3.63) is 24.3 Å². The highest BCUT2D eigenvalue weighted by atomic mass is 19.4. The van der Waals surface area contributed by atoms with E-state index in [1.807, 2.05) is 0 Å². The van der Waals surface area contributed by atoms with E-state index in [2.05, 4.69) is 9.47 Å². The maximum absolute atomic E-state index is 12.1. The van der Waals surface area contributed by atoms with Gasteiger partial charge < -0.3 is 14.2 Å². The van der Waals surface area contributed by atoms with Crippen molar-refractivity contribution in [1.82, 2.24) is 0 Å². The van der Waals surface area contributed by atoms with E-state index in [0.29, 0.717) is 0 Å². The van der Waals surface area contributed by atoms with Crippen LogP contribution in [0.25, 0.3) is 0 Å². The van der Waals surface area contributed by atoms with Crippen molar-refractivity contribution in [3.63, 3.8) is 0 Å². The molecule has 0 radical (unpaired) electrons. The molecule has 0 aliphatic carbocycles. The van der Waals surface area contributed by atoms with Crippen LogP contribution in [0.15, 0.2) is 24.3 Å². The quantitative estimate of drug-likeness (QED) is 0.797. The molecule has 0 N–H and O–H groups in total. The molecule has 0 aromatic heterocycles. The van der Waals surface area contributed by atoms with Crippen LogP contribution in [0.3, 0.4) is 0 Å². The monoisotopic (exact) mass is 305 g/mol. The Morgan fingerprint density at radius 3 is 2.76 bits per heavy atom. The van der Waals surface area contributed by atoms with E-state index in [0.717, 1.165) is 24.0 Å². The zero-order chi connectivity index (χ0) is 15.6. The fraction of sp³-hybridized carbons (Fsp3) is 0.333. The van der Waals surface area contributed by atoms with Crippen LogP contribution in [0.2, 0.25) is 0 Å². The molecule has 0 spiro atoms. The Morgan fingerprint density at radius 2 is 2.14 bits per heavy atom. The molecule has 1 amide bonds. The summed E-state index contributed by atoms with van der Waals surface area (Å²) in [6.07, 6.45) is -6.22. The minimum absolute atomic E-state index is 0.136. The molecule has 1 fully saturated rings.